The van der Waals surface area contributed by atoms with Crippen LogP contribution in [0.5, 0.6) is 0 Å². The molecule has 1 rings (SSSR count). The molecule has 0 saturated carbocycles. The summed E-state index contributed by atoms with van der Waals surface area (Å²) < 4.78 is 24.4. The van der Waals surface area contributed by atoms with Crippen molar-refractivity contribution in [2.24, 2.45) is 0 Å². The number of aryl methyl sites for hydroxylation is 1. The van der Waals surface area contributed by atoms with Crippen LogP contribution < -0.4 is 5.32 Å². The van der Waals surface area contributed by atoms with Gasteiger partial charge in [-0.25, -0.2) is 8.78 Å². The summed E-state index contributed by atoms with van der Waals surface area (Å²) in [5.41, 5.74) is 0.998. The maximum Gasteiger partial charge on any atom is 0.262 e. The van der Waals surface area contributed by atoms with Gasteiger partial charge in [-0.15, -0.1) is 11.3 Å². The van der Waals surface area contributed by atoms with Crippen LogP contribution in [-0.2, 0) is 0 Å². The van der Waals surface area contributed by atoms with Crippen molar-refractivity contribution < 1.29 is 13.6 Å². The van der Waals surface area contributed by atoms with E-state index in [4.69, 9.17) is 0 Å². The summed E-state index contributed by atoms with van der Waals surface area (Å²) in [5, 5.41) is 4.00. The van der Waals surface area contributed by atoms with Crippen molar-refractivity contribution in [2.75, 3.05) is 6.54 Å². The predicted molar refractivity (Wildman–Crippen MR) is 60.1 cm³/mol. The van der Waals surface area contributed by atoms with E-state index < -0.39 is 18.9 Å². The van der Waals surface area contributed by atoms with E-state index in [1.54, 1.807) is 0 Å². The Labute approximate surface area is 97.8 Å². The second-order valence-electron chi connectivity index (χ2n) is 2.66. The molecule has 0 radical (unpaired) electrons. The van der Waals surface area contributed by atoms with E-state index >= 15 is 0 Å². The van der Waals surface area contributed by atoms with Crippen LogP contribution in [0, 0.1) is 10.5 Å². The molecule has 0 unspecified atom stereocenters. The molecule has 14 heavy (non-hydrogen) atoms. The molecule has 1 N–H and O–H groups in total. The van der Waals surface area contributed by atoms with Crippen LogP contribution in [0.15, 0.2) is 5.38 Å². The number of nitrogens with one attached hydrogen (secondary N) is 1. The monoisotopic (exact) mass is 331 g/mol. The van der Waals surface area contributed by atoms with Gasteiger partial charge in [0.15, 0.2) is 0 Å². The summed E-state index contributed by atoms with van der Waals surface area (Å²) >= 11 is 3.31. The highest BCUT2D eigenvalue weighted by Gasteiger charge is 2.14. The zero-order valence-electron chi connectivity index (χ0n) is 7.31. The molecule has 1 aromatic heterocycles. The highest BCUT2D eigenvalue weighted by Crippen LogP contribution is 2.23. The van der Waals surface area contributed by atoms with Gasteiger partial charge in [0.05, 0.1) is 6.54 Å². The van der Waals surface area contributed by atoms with E-state index in [1.165, 1.54) is 11.3 Å². The Morgan fingerprint density at radius 1 is 1.71 bits per heavy atom. The molecule has 0 aliphatic heterocycles. The first kappa shape index (κ1) is 11.8. The van der Waals surface area contributed by atoms with Crippen LogP contribution >= 0.6 is 33.9 Å². The zero-order chi connectivity index (χ0) is 10.7. The van der Waals surface area contributed by atoms with Gasteiger partial charge in [-0.3, -0.25) is 4.79 Å². The summed E-state index contributed by atoms with van der Waals surface area (Å²) in [6, 6.07) is 0. The normalized spacial score (nSPS) is 10.6. The number of hydrogen-bond acceptors (Lipinski definition) is 2. The molecular formula is C8H8F2INOS. The Bertz CT molecular complexity index is 340. The lowest BCUT2D eigenvalue weighted by molar-refractivity contribution is 0.0895. The lowest BCUT2D eigenvalue weighted by Gasteiger charge is -2.02. The molecule has 0 atom stereocenters. The van der Waals surface area contributed by atoms with Crippen molar-refractivity contribution >= 4 is 39.8 Å². The highest BCUT2D eigenvalue weighted by atomic mass is 127. The van der Waals surface area contributed by atoms with Gasteiger partial charge in [0, 0.05) is 3.57 Å². The maximum atomic E-state index is 11.8. The molecule has 1 aromatic rings. The van der Waals surface area contributed by atoms with Crippen molar-refractivity contribution in [2.45, 2.75) is 13.3 Å². The summed E-state index contributed by atoms with van der Waals surface area (Å²) in [5.74, 6) is -0.423. The van der Waals surface area contributed by atoms with E-state index in [0.717, 1.165) is 9.13 Å². The fourth-order valence-electron chi connectivity index (χ4n) is 0.833. The molecule has 78 valence electrons. The van der Waals surface area contributed by atoms with Crippen molar-refractivity contribution in [1.29, 1.82) is 0 Å². The topological polar surface area (TPSA) is 29.1 Å². The van der Waals surface area contributed by atoms with E-state index in [1.807, 2.05) is 34.9 Å². The fraction of sp³-hybridized carbons (Fsp3) is 0.375. The molecular weight excluding hydrogens is 323 g/mol. The summed E-state index contributed by atoms with van der Waals surface area (Å²) in [7, 11) is 0. The Kier molecular flexibility index (Phi) is 4.24. The Balaban J connectivity index is 2.66. The molecule has 1 amide bonds. The van der Waals surface area contributed by atoms with E-state index in [0.29, 0.717) is 4.88 Å². The highest BCUT2D eigenvalue weighted by molar-refractivity contribution is 14.1. The van der Waals surface area contributed by atoms with Gasteiger partial charge in [-0.1, -0.05) is 0 Å². The second kappa shape index (κ2) is 5.01. The number of thiophene rings is 1. The minimum absolute atomic E-state index is 0.423. The SMILES string of the molecule is Cc1csc(C(=O)NCC(F)F)c1I. The third-order valence-corrected chi connectivity index (χ3v) is 4.38. The van der Waals surface area contributed by atoms with E-state index in [9.17, 15) is 13.6 Å². The van der Waals surface area contributed by atoms with Crippen LogP contribution in [0.4, 0.5) is 8.78 Å². The summed E-state index contributed by atoms with van der Waals surface area (Å²) in [6.07, 6.45) is -2.50. The first-order chi connectivity index (χ1) is 6.52. The van der Waals surface area contributed by atoms with Gasteiger partial charge in [-0.05, 0) is 40.5 Å². The predicted octanol–water partition coefficient (Wildman–Crippen LogP) is 2.66. The molecule has 0 aliphatic rings. The first-order valence-corrected chi connectivity index (χ1v) is 5.78. The number of amides is 1. The number of rotatable bonds is 3. The van der Waals surface area contributed by atoms with Crippen LogP contribution in [-0.4, -0.2) is 18.9 Å². The molecule has 2 nitrogen and oxygen atoms in total. The summed E-state index contributed by atoms with van der Waals surface area (Å²) in [6.45, 7) is 1.29. The van der Waals surface area contributed by atoms with Gasteiger partial charge < -0.3 is 5.32 Å². The van der Waals surface area contributed by atoms with Crippen LogP contribution in [0.3, 0.4) is 0 Å². The number of alkyl halides is 2. The lowest BCUT2D eigenvalue weighted by Crippen LogP contribution is -2.28. The Hall–Kier alpha value is -0.240. The quantitative estimate of drug-likeness (QED) is 0.848. The molecule has 1 heterocycles. The lowest BCUT2D eigenvalue weighted by atomic mass is 10.3. The minimum atomic E-state index is -2.50. The molecule has 6 heteroatoms. The number of halogens is 3. The fourth-order valence-corrected chi connectivity index (χ4v) is 2.68. The van der Waals surface area contributed by atoms with Crippen LogP contribution in [0.1, 0.15) is 15.2 Å². The largest absolute Gasteiger partial charge is 0.346 e. The second-order valence-corrected chi connectivity index (χ2v) is 4.62. The standard InChI is InChI=1S/C8H8F2INOS/c1-4-3-14-7(6(4)11)8(13)12-2-5(9)10/h3,5H,2H2,1H3,(H,12,13). The molecule has 0 fully saturated rings. The van der Waals surface area contributed by atoms with Crippen molar-refractivity contribution in [1.82, 2.24) is 5.32 Å². The van der Waals surface area contributed by atoms with Crippen molar-refractivity contribution in [3.63, 3.8) is 0 Å². The van der Waals surface area contributed by atoms with Gasteiger partial charge in [-0.2, -0.15) is 0 Å². The number of carbonyl (C=O) groups is 1. The number of carbonyl (C=O) groups excluding carboxylic acids is 1. The average molecular weight is 331 g/mol. The third kappa shape index (κ3) is 2.88. The van der Waals surface area contributed by atoms with E-state index in [2.05, 4.69) is 5.32 Å². The smallest absolute Gasteiger partial charge is 0.262 e. The van der Waals surface area contributed by atoms with Gasteiger partial charge >= 0.3 is 0 Å². The first-order valence-electron chi connectivity index (χ1n) is 3.82. The minimum Gasteiger partial charge on any atom is -0.346 e. The zero-order valence-corrected chi connectivity index (χ0v) is 10.3. The summed E-state index contributed by atoms with van der Waals surface area (Å²) in [4.78, 5) is 11.8. The Morgan fingerprint density at radius 3 is 2.79 bits per heavy atom. The molecule has 0 aliphatic carbocycles. The Morgan fingerprint density at radius 2 is 2.36 bits per heavy atom. The molecule has 0 spiro atoms. The van der Waals surface area contributed by atoms with E-state index in [-0.39, 0.29) is 0 Å². The number of hydrogen-bond donors (Lipinski definition) is 1. The van der Waals surface area contributed by atoms with Crippen LogP contribution in [0.2, 0.25) is 0 Å². The van der Waals surface area contributed by atoms with Crippen molar-refractivity contribution in [3.8, 4) is 0 Å². The van der Waals surface area contributed by atoms with Gasteiger partial charge in [0.1, 0.15) is 4.88 Å². The molecule has 0 saturated heterocycles. The maximum absolute atomic E-state index is 11.8. The third-order valence-electron chi connectivity index (χ3n) is 1.52. The van der Waals surface area contributed by atoms with Crippen molar-refractivity contribution in [3.05, 3.63) is 19.4 Å². The van der Waals surface area contributed by atoms with Gasteiger partial charge in [0.2, 0.25) is 0 Å². The van der Waals surface area contributed by atoms with Crippen LogP contribution in [0.25, 0.3) is 0 Å². The molecule has 0 aromatic carbocycles. The average Bonchev–Trinajstić information content (AvgIpc) is 2.44. The van der Waals surface area contributed by atoms with Gasteiger partial charge in [0.25, 0.3) is 12.3 Å². The molecule has 0 bridgehead atoms.